The van der Waals surface area contributed by atoms with Crippen LogP contribution in [0.1, 0.15) is 35.9 Å². The van der Waals surface area contributed by atoms with E-state index in [4.69, 9.17) is 4.52 Å². The number of nitrogens with one attached hydrogen (secondary N) is 1. The molecule has 0 saturated carbocycles. The molecule has 0 aliphatic rings. The standard InChI is InChI=1S/C16H18N4O2/c1-3-4-9-20-15(11(2)10-17-20)18-16(21)14-12-7-5-6-8-13(12)19-22-14/h5-8,10H,3-4,9H2,1-2H3,(H,18,21). The largest absolute Gasteiger partial charge is 0.350 e. The first-order valence-electron chi connectivity index (χ1n) is 7.39. The summed E-state index contributed by atoms with van der Waals surface area (Å²) in [6.45, 7) is 4.82. The van der Waals surface area contributed by atoms with Crippen molar-refractivity contribution in [2.75, 3.05) is 5.32 Å². The third kappa shape index (κ3) is 2.59. The predicted octanol–water partition coefficient (Wildman–Crippen LogP) is 3.39. The zero-order valence-electron chi connectivity index (χ0n) is 12.7. The number of nitrogens with zero attached hydrogens (tertiary/aromatic N) is 3. The van der Waals surface area contributed by atoms with E-state index in [9.17, 15) is 4.79 Å². The van der Waals surface area contributed by atoms with E-state index in [0.717, 1.165) is 24.9 Å². The maximum absolute atomic E-state index is 12.5. The Bertz CT molecular complexity index is 803. The summed E-state index contributed by atoms with van der Waals surface area (Å²) in [6.07, 6.45) is 3.83. The number of hydrogen-bond acceptors (Lipinski definition) is 4. The predicted molar refractivity (Wildman–Crippen MR) is 83.8 cm³/mol. The first-order chi connectivity index (χ1) is 10.7. The molecule has 1 amide bonds. The van der Waals surface area contributed by atoms with Gasteiger partial charge in [-0.25, -0.2) is 4.68 Å². The number of amides is 1. The molecule has 2 heterocycles. The number of fused-ring (bicyclic) bond motifs is 1. The normalized spacial score (nSPS) is 11.0. The molecule has 3 aromatic rings. The summed E-state index contributed by atoms with van der Waals surface area (Å²) in [5.74, 6) is 0.618. The summed E-state index contributed by atoms with van der Waals surface area (Å²) in [6, 6.07) is 7.35. The molecule has 0 aliphatic heterocycles. The molecule has 1 N–H and O–H groups in total. The third-order valence-electron chi connectivity index (χ3n) is 3.57. The number of anilines is 1. The number of carbonyl (C=O) groups excluding carboxylic acids is 1. The van der Waals surface area contributed by atoms with Gasteiger partial charge in [-0.3, -0.25) is 4.79 Å². The van der Waals surface area contributed by atoms with E-state index >= 15 is 0 Å². The van der Waals surface area contributed by atoms with Crippen molar-refractivity contribution in [2.45, 2.75) is 33.2 Å². The van der Waals surface area contributed by atoms with Crippen LogP contribution in [0.25, 0.3) is 10.9 Å². The molecule has 2 aromatic heterocycles. The molecule has 22 heavy (non-hydrogen) atoms. The summed E-state index contributed by atoms with van der Waals surface area (Å²) in [7, 11) is 0. The van der Waals surface area contributed by atoms with Crippen LogP contribution in [0.3, 0.4) is 0 Å². The van der Waals surface area contributed by atoms with Gasteiger partial charge in [0.05, 0.1) is 11.6 Å². The van der Waals surface area contributed by atoms with Crippen molar-refractivity contribution < 1.29 is 9.32 Å². The number of rotatable bonds is 5. The first kappa shape index (κ1) is 14.3. The monoisotopic (exact) mass is 298 g/mol. The van der Waals surface area contributed by atoms with Gasteiger partial charge in [0.2, 0.25) is 5.76 Å². The Morgan fingerprint density at radius 3 is 3.00 bits per heavy atom. The molecule has 0 unspecified atom stereocenters. The van der Waals surface area contributed by atoms with Crippen LogP contribution in [0.2, 0.25) is 0 Å². The Morgan fingerprint density at radius 1 is 1.36 bits per heavy atom. The van der Waals surface area contributed by atoms with Crippen LogP contribution < -0.4 is 5.32 Å². The lowest BCUT2D eigenvalue weighted by molar-refractivity contribution is 0.0989. The molecule has 1 aromatic carbocycles. The SMILES string of the molecule is CCCCn1ncc(C)c1NC(=O)c1onc2ccccc12. The second kappa shape index (κ2) is 6.01. The van der Waals surface area contributed by atoms with Crippen molar-refractivity contribution in [3.63, 3.8) is 0 Å². The van der Waals surface area contributed by atoms with Gasteiger partial charge in [0.25, 0.3) is 5.91 Å². The molecule has 0 atom stereocenters. The molecule has 6 heteroatoms. The fraction of sp³-hybridized carbons (Fsp3) is 0.312. The van der Waals surface area contributed by atoms with E-state index in [0.29, 0.717) is 16.7 Å². The summed E-state index contributed by atoms with van der Waals surface area (Å²) in [4.78, 5) is 12.5. The van der Waals surface area contributed by atoms with Crippen LogP contribution in [-0.4, -0.2) is 20.8 Å². The van der Waals surface area contributed by atoms with E-state index in [2.05, 4.69) is 22.5 Å². The fourth-order valence-corrected chi connectivity index (χ4v) is 2.34. The highest BCUT2D eigenvalue weighted by Gasteiger charge is 2.19. The molecule has 6 nitrogen and oxygen atoms in total. The van der Waals surface area contributed by atoms with Gasteiger partial charge in [-0.05, 0) is 25.5 Å². The van der Waals surface area contributed by atoms with Crippen LogP contribution in [0.4, 0.5) is 5.82 Å². The number of aromatic nitrogens is 3. The number of carbonyl (C=O) groups is 1. The molecule has 3 rings (SSSR count). The van der Waals surface area contributed by atoms with E-state index in [1.54, 1.807) is 6.20 Å². The highest BCUT2D eigenvalue weighted by molar-refractivity contribution is 6.10. The van der Waals surface area contributed by atoms with Crippen molar-refractivity contribution in [3.8, 4) is 0 Å². The molecular weight excluding hydrogens is 280 g/mol. The number of benzene rings is 1. The average molecular weight is 298 g/mol. The molecule has 0 bridgehead atoms. The number of hydrogen-bond donors (Lipinski definition) is 1. The molecular formula is C16H18N4O2. The van der Waals surface area contributed by atoms with Crippen LogP contribution in [0.15, 0.2) is 35.0 Å². The van der Waals surface area contributed by atoms with Crippen molar-refractivity contribution in [1.82, 2.24) is 14.9 Å². The Morgan fingerprint density at radius 2 is 2.18 bits per heavy atom. The maximum Gasteiger partial charge on any atom is 0.296 e. The van der Waals surface area contributed by atoms with Crippen molar-refractivity contribution in [2.24, 2.45) is 0 Å². The summed E-state index contributed by atoms with van der Waals surface area (Å²) < 4.78 is 7.01. The van der Waals surface area contributed by atoms with Gasteiger partial charge in [-0.15, -0.1) is 0 Å². The summed E-state index contributed by atoms with van der Waals surface area (Å²) >= 11 is 0. The first-order valence-corrected chi connectivity index (χ1v) is 7.39. The second-order valence-electron chi connectivity index (χ2n) is 5.24. The van der Waals surface area contributed by atoms with E-state index in [-0.39, 0.29) is 11.7 Å². The Kier molecular flexibility index (Phi) is 3.91. The van der Waals surface area contributed by atoms with Gasteiger partial charge in [0.1, 0.15) is 11.3 Å². The Balaban J connectivity index is 1.87. The lowest BCUT2D eigenvalue weighted by Crippen LogP contribution is -2.16. The van der Waals surface area contributed by atoms with Crippen molar-refractivity contribution >= 4 is 22.6 Å². The lowest BCUT2D eigenvalue weighted by atomic mass is 10.2. The van der Waals surface area contributed by atoms with Crippen molar-refractivity contribution in [3.05, 3.63) is 41.8 Å². The van der Waals surface area contributed by atoms with Gasteiger partial charge in [0, 0.05) is 12.1 Å². The highest BCUT2D eigenvalue weighted by Crippen LogP contribution is 2.21. The topological polar surface area (TPSA) is 73.0 Å². The molecule has 0 spiro atoms. The molecule has 114 valence electrons. The van der Waals surface area contributed by atoms with Gasteiger partial charge in [-0.1, -0.05) is 30.6 Å². The van der Waals surface area contributed by atoms with E-state index in [1.165, 1.54) is 0 Å². The fourth-order valence-electron chi connectivity index (χ4n) is 2.34. The quantitative estimate of drug-likeness (QED) is 0.783. The Hall–Kier alpha value is -2.63. The second-order valence-corrected chi connectivity index (χ2v) is 5.24. The minimum atomic E-state index is -0.310. The highest BCUT2D eigenvalue weighted by atomic mass is 16.5. The van der Waals surface area contributed by atoms with Gasteiger partial charge in [-0.2, -0.15) is 5.10 Å². The minimum Gasteiger partial charge on any atom is -0.350 e. The summed E-state index contributed by atoms with van der Waals surface area (Å²) in [5.41, 5.74) is 1.59. The Labute approximate surface area is 128 Å². The third-order valence-corrected chi connectivity index (χ3v) is 3.57. The van der Waals surface area contributed by atoms with Crippen LogP contribution in [-0.2, 0) is 6.54 Å². The average Bonchev–Trinajstić information content (AvgIpc) is 3.10. The van der Waals surface area contributed by atoms with Crippen LogP contribution >= 0.6 is 0 Å². The van der Waals surface area contributed by atoms with Crippen LogP contribution in [0, 0.1) is 6.92 Å². The molecule has 0 saturated heterocycles. The molecule has 0 radical (unpaired) electrons. The van der Waals surface area contributed by atoms with Gasteiger partial charge < -0.3 is 9.84 Å². The van der Waals surface area contributed by atoms with E-state index in [1.807, 2.05) is 35.9 Å². The van der Waals surface area contributed by atoms with Gasteiger partial charge in [0.15, 0.2) is 0 Å². The zero-order valence-corrected chi connectivity index (χ0v) is 12.7. The number of unbranched alkanes of at least 4 members (excludes halogenated alkanes) is 1. The minimum absolute atomic E-state index is 0.221. The number of aryl methyl sites for hydroxylation is 2. The van der Waals surface area contributed by atoms with Gasteiger partial charge >= 0.3 is 0 Å². The zero-order chi connectivity index (χ0) is 15.5. The van der Waals surface area contributed by atoms with Crippen LogP contribution in [0.5, 0.6) is 0 Å². The van der Waals surface area contributed by atoms with Crippen molar-refractivity contribution in [1.29, 1.82) is 0 Å². The smallest absolute Gasteiger partial charge is 0.296 e. The van der Waals surface area contributed by atoms with E-state index < -0.39 is 0 Å². The maximum atomic E-state index is 12.5. The summed E-state index contributed by atoms with van der Waals surface area (Å²) in [5, 5.41) is 11.8. The molecule has 0 fully saturated rings. The lowest BCUT2D eigenvalue weighted by Gasteiger charge is -2.08. The molecule has 0 aliphatic carbocycles.